The van der Waals surface area contributed by atoms with Gasteiger partial charge in [-0.1, -0.05) is 12.1 Å². The smallest absolute Gasteiger partial charge is 0.140 e. The molecule has 2 aromatic rings. The Labute approximate surface area is 122 Å². The van der Waals surface area contributed by atoms with E-state index < -0.39 is 11.0 Å². The Bertz CT molecular complexity index is 722. The zero-order chi connectivity index (χ0) is 14.5. The van der Waals surface area contributed by atoms with Gasteiger partial charge in [0.25, 0.3) is 0 Å². The quantitative estimate of drug-likeness (QED) is 0.787. The molecule has 2 heterocycles. The van der Waals surface area contributed by atoms with Crippen molar-refractivity contribution in [2.45, 2.75) is 38.7 Å². The van der Waals surface area contributed by atoms with Gasteiger partial charge in [-0.05, 0) is 39.8 Å². The highest BCUT2D eigenvalue weighted by molar-refractivity contribution is 7.12. The van der Waals surface area contributed by atoms with E-state index in [2.05, 4.69) is 6.07 Å². The van der Waals surface area contributed by atoms with Crippen LogP contribution in [0, 0.1) is 11.3 Å². The molecule has 20 heavy (non-hydrogen) atoms. The lowest BCUT2D eigenvalue weighted by molar-refractivity contribution is 0.109. The van der Waals surface area contributed by atoms with E-state index >= 15 is 0 Å². The number of aromatic nitrogens is 1. The number of benzene rings is 1. The molecular weight excluding hydrogens is 268 g/mol. The first-order chi connectivity index (χ1) is 9.35. The van der Waals surface area contributed by atoms with E-state index in [0.29, 0.717) is 0 Å². The Hall–Kier alpha value is -1.86. The van der Waals surface area contributed by atoms with E-state index in [4.69, 9.17) is 9.72 Å². The van der Waals surface area contributed by atoms with Crippen molar-refractivity contribution in [3.8, 4) is 23.1 Å². The summed E-state index contributed by atoms with van der Waals surface area (Å²) in [5, 5.41) is 10.2. The molecule has 0 N–H and O–H groups in total. The van der Waals surface area contributed by atoms with Gasteiger partial charge in [0.1, 0.15) is 21.8 Å². The Morgan fingerprint density at radius 2 is 2.00 bits per heavy atom. The molecule has 0 unspecified atom stereocenters. The zero-order valence-electron chi connectivity index (χ0n) is 12.0. The summed E-state index contributed by atoms with van der Waals surface area (Å²) in [6, 6.07) is 10.3. The van der Waals surface area contributed by atoms with Crippen LogP contribution in [0.25, 0.3) is 11.3 Å². The summed E-state index contributed by atoms with van der Waals surface area (Å²) in [5.41, 5.74) is 0.983. The third-order valence-corrected chi connectivity index (χ3v) is 5.18. The predicted octanol–water partition coefficient (Wildman–Crippen LogP) is 4.24. The van der Waals surface area contributed by atoms with Crippen LogP contribution in [0.4, 0.5) is 0 Å². The first kappa shape index (κ1) is 13.1. The summed E-state index contributed by atoms with van der Waals surface area (Å²) in [6.07, 6.45) is 0. The van der Waals surface area contributed by atoms with Gasteiger partial charge in [0.15, 0.2) is 0 Å². The number of thiazole rings is 1. The van der Waals surface area contributed by atoms with Crippen LogP contribution in [-0.2, 0) is 11.0 Å². The van der Waals surface area contributed by atoms with E-state index in [1.807, 2.05) is 52.0 Å². The maximum atomic E-state index is 9.32. The van der Waals surface area contributed by atoms with Crippen molar-refractivity contribution in [1.82, 2.24) is 4.98 Å². The van der Waals surface area contributed by atoms with Crippen LogP contribution in [0.1, 0.15) is 37.6 Å². The van der Waals surface area contributed by atoms with E-state index in [1.54, 1.807) is 11.3 Å². The minimum atomic E-state index is -0.576. The second-order valence-corrected chi connectivity index (χ2v) is 7.04. The van der Waals surface area contributed by atoms with Crippen LogP contribution in [0.3, 0.4) is 0 Å². The van der Waals surface area contributed by atoms with Crippen LogP contribution in [0.15, 0.2) is 24.3 Å². The third kappa shape index (κ3) is 1.82. The fourth-order valence-corrected chi connectivity index (χ4v) is 3.47. The number of ether oxygens (including phenoxy) is 1. The molecule has 3 nitrogen and oxygen atoms in total. The molecule has 3 rings (SSSR count). The Kier molecular flexibility index (Phi) is 2.67. The van der Waals surface area contributed by atoms with Crippen LogP contribution in [0.2, 0.25) is 0 Å². The van der Waals surface area contributed by atoms with Crippen molar-refractivity contribution in [3.05, 3.63) is 34.2 Å². The van der Waals surface area contributed by atoms with Gasteiger partial charge < -0.3 is 4.74 Å². The molecule has 0 atom stereocenters. The van der Waals surface area contributed by atoms with Crippen LogP contribution in [-0.4, -0.2) is 4.98 Å². The van der Waals surface area contributed by atoms with Gasteiger partial charge in [0.2, 0.25) is 0 Å². The highest BCUT2D eigenvalue weighted by Gasteiger charge is 2.38. The van der Waals surface area contributed by atoms with Gasteiger partial charge in [-0.15, -0.1) is 11.3 Å². The third-order valence-electron chi connectivity index (χ3n) is 3.50. The van der Waals surface area contributed by atoms with Gasteiger partial charge >= 0.3 is 0 Å². The van der Waals surface area contributed by atoms with E-state index in [0.717, 1.165) is 26.9 Å². The molecule has 0 bridgehead atoms. The van der Waals surface area contributed by atoms with Crippen molar-refractivity contribution in [2.24, 2.45) is 0 Å². The summed E-state index contributed by atoms with van der Waals surface area (Å²) >= 11 is 1.58. The summed E-state index contributed by atoms with van der Waals surface area (Å²) in [5.74, 6) is 0.858. The molecule has 1 aliphatic heterocycles. The topological polar surface area (TPSA) is 45.9 Å². The molecule has 0 aliphatic carbocycles. The molecule has 1 aliphatic rings. The van der Waals surface area contributed by atoms with Crippen LogP contribution < -0.4 is 4.74 Å². The average molecular weight is 284 g/mol. The van der Waals surface area contributed by atoms with Gasteiger partial charge in [-0.25, -0.2) is 4.98 Å². The number of hydrogen-bond donors (Lipinski definition) is 0. The maximum Gasteiger partial charge on any atom is 0.140 e. The fourth-order valence-electron chi connectivity index (χ4n) is 2.30. The summed E-state index contributed by atoms with van der Waals surface area (Å²) in [7, 11) is 0. The summed E-state index contributed by atoms with van der Waals surface area (Å²) < 4.78 is 6.09. The first-order valence-corrected chi connectivity index (χ1v) is 7.38. The van der Waals surface area contributed by atoms with Crippen molar-refractivity contribution < 1.29 is 4.74 Å². The molecule has 1 aromatic heterocycles. The number of fused-ring (bicyclic) bond motifs is 3. The number of hydrogen-bond acceptors (Lipinski definition) is 4. The molecule has 102 valence electrons. The van der Waals surface area contributed by atoms with Gasteiger partial charge in [-0.2, -0.15) is 5.26 Å². The Morgan fingerprint density at radius 3 is 2.70 bits per heavy atom. The number of nitrogens with zero attached hydrogens (tertiary/aromatic N) is 2. The zero-order valence-corrected chi connectivity index (χ0v) is 12.8. The highest BCUT2D eigenvalue weighted by atomic mass is 32.1. The lowest BCUT2D eigenvalue weighted by Gasteiger charge is -2.31. The lowest BCUT2D eigenvalue weighted by Crippen LogP contribution is -2.27. The van der Waals surface area contributed by atoms with Gasteiger partial charge in [0, 0.05) is 5.56 Å². The molecule has 0 saturated heterocycles. The summed E-state index contributed by atoms with van der Waals surface area (Å²) in [4.78, 5) is 5.84. The van der Waals surface area contributed by atoms with E-state index in [9.17, 15) is 5.26 Å². The number of rotatable bonds is 1. The standard InChI is InChI=1S/C16H16N2OS/c1-15(2,9-17)14-18-12-10-7-5-6-8-11(10)19-16(3,4)13(12)20-14/h5-8H,1-4H3. The van der Waals surface area contributed by atoms with Crippen LogP contribution >= 0.6 is 11.3 Å². The minimum absolute atomic E-state index is 0.412. The SMILES string of the molecule is CC(C)(C#N)c1nc2c(s1)C(C)(C)Oc1ccccc1-2. The molecular formula is C16H16N2OS. The van der Waals surface area contributed by atoms with E-state index in [1.165, 1.54) is 0 Å². The normalized spacial score (nSPS) is 15.8. The Morgan fingerprint density at radius 1 is 1.30 bits per heavy atom. The molecule has 0 spiro atoms. The first-order valence-electron chi connectivity index (χ1n) is 6.56. The molecule has 0 radical (unpaired) electrons. The molecule has 0 saturated carbocycles. The minimum Gasteiger partial charge on any atom is -0.482 e. The lowest BCUT2D eigenvalue weighted by atomic mass is 9.95. The largest absolute Gasteiger partial charge is 0.482 e. The number of nitriles is 1. The maximum absolute atomic E-state index is 9.32. The van der Waals surface area contributed by atoms with Crippen molar-refractivity contribution in [1.29, 1.82) is 5.26 Å². The molecule has 1 aromatic carbocycles. The predicted molar refractivity (Wildman–Crippen MR) is 79.8 cm³/mol. The molecule has 4 heteroatoms. The molecule has 0 amide bonds. The van der Waals surface area contributed by atoms with Gasteiger partial charge in [-0.3, -0.25) is 0 Å². The monoisotopic (exact) mass is 284 g/mol. The summed E-state index contributed by atoms with van der Waals surface area (Å²) in [6.45, 7) is 7.89. The second kappa shape index (κ2) is 4.07. The van der Waals surface area contributed by atoms with Crippen molar-refractivity contribution >= 4 is 11.3 Å². The van der Waals surface area contributed by atoms with Gasteiger partial charge in [0.05, 0.1) is 16.6 Å². The second-order valence-electron chi connectivity index (χ2n) is 6.04. The van der Waals surface area contributed by atoms with Crippen molar-refractivity contribution in [2.75, 3.05) is 0 Å². The number of para-hydroxylation sites is 1. The average Bonchev–Trinajstić information content (AvgIpc) is 2.85. The van der Waals surface area contributed by atoms with Crippen LogP contribution in [0.5, 0.6) is 5.75 Å². The van der Waals surface area contributed by atoms with E-state index in [-0.39, 0.29) is 0 Å². The Balaban J connectivity index is 2.26. The fraction of sp³-hybridized carbons (Fsp3) is 0.375. The molecule has 0 fully saturated rings. The highest BCUT2D eigenvalue weighted by Crippen LogP contribution is 2.48. The van der Waals surface area contributed by atoms with Crippen molar-refractivity contribution in [3.63, 3.8) is 0 Å².